The lowest BCUT2D eigenvalue weighted by molar-refractivity contribution is -0.170. The summed E-state index contributed by atoms with van der Waals surface area (Å²) in [5, 5.41) is 37.6. The van der Waals surface area contributed by atoms with Gasteiger partial charge in [0.1, 0.15) is 12.4 Å². The molecule has 0 unspecified atom stereocenters. The second-order valence-electron chi connectivity index (χ2n) is 11.8. The summed E-state index contributed by atoms with van der Waals surface area (Å²) in [6.07, 6.45) is 9.04. The van der Waals surface area contributed by atoms with Crippen LogP contribution in [0.3, 0.4) is 0 Å². The Morgan fingerprint density at radius 2 is 1.55 bits per heavy atom. The van der Waals surface area contributed by atoms with E-state index < -0.39 is 36.4 Å². The Kier molecular flexibility index (Phi) is 12.0. The van der Waals surface area contributed by atoms with Crippen molar-refractivity contribution in [2.24, 2.45) is 0 Å². The molecule has 2 heterocycles. The van der Waals surface area contributed by atoms with Gasteiger partial charge < -0.3 is 30.5 Å². The van der Waals surface area contributed by atoms with Crippen LogP contribution in [-0.4, -0.2) is 77.5 Å². The molecule has 0 spiro atoms. The topological polar surface area (TPSA) is 170 Å². The fourth-order valence-corrected chi connectivity index (χ4v) is 5.39. The van der Waals surface area contributed by atoms with Gasteiger partial charge >= 0.3 is 17.9 Å². The summed E-state index contributed by atoms with van der Waals surface area (Å²) in [5.74, 6) is -1.58. The maximum absolute atomic E-state index is 10.3. The number of aliphatic hydroxyl groups is 1. The van der Waals surface area contributed by atoms with E-state index in [1.807, 2.05) is 24.5 Å². The van der Waals surface area contributed by atoms with Crippen LogP contribution in [0.15, 0.2) is 48.8 Å². The van der Waals surface area contributed by atoms with Gasteiger partial charge in [-0.2, -0.15) is 0 Å². The van der Waals surface area contributed by atoms with Crippen LogP contribution in [0.2, 0.25) is 0 Å². The highest BCUT2D eigenvalue weighted by Gasteiger charge is 2.41. The number of aliphatic carboxylic acids is 3. The number of hydrogen-bond donors (Lipinski definition) is 5. The number of pyridine rings is 1. The Morgan fingerprint density at radius 3 is 2.05 bits per heavy atom. The fourth-order valence-electron chi connectivity index (χ4n) is 5.39. The van der Waals surface area contributed by atoms with Gasteiger partial charge in [-0.1, -0.05) is 24.1 Å². The van der Waals surface area contributed by atoms with Crippen LogP contribution in [0.25, 0.3) is 0 Å². The molecule has 11 heteroatoms. The molecule has 0 amide bonds. The predicted octanol–water partition coefficient (Wildman–Crippen LogP) is 3.16. The highest BCUT2D eigenvalue weighted by Crippen LogP contribution is 2.34. The average Bonchev–Trinajstić information content (AvgIpc) is 2.86. The first-order valence-electron chi connectivity index (χ1n) is 13.5. The van der Waals surface area contributed by atoms with Crippen LogP contribution in [0.5, 0.6) is 5.75 Å². The number of nitrogens with one attached hydrogen (secondary N) is 1. The molecule has 0 aliphatic carbocycles. The van der Waals surface area contributed by atoms with Crippen LogP contribution in [0.4, 0.5) is 0 Å². The van der Waals surface area contributed by atoms with E-state index in [1.165, 1.54) is 11.1 Å². The number of carboxylic acids is 3. The molecule has 3 rings (SSSR count). The minimum absolute atomic E-state index is 0.0857. The van der Waals surface area contributed by atoms with Gasteiger partial charge in [0.2, 0.25) is 0 Å². The van der Waals surface area contributed by atoms with E-state index in [1.54, 1.807) is 0 Å². The molecule has 1 aromatic heterocycles. The molecule has 0 saturated carbocycles. The summed E-state index contributed by atoms with van der Waals surface area (Å²) in [5.41, 5.74) is -0.121. The molecule has 1 saturated heterocycles. The van der Waals surface area contributed by atoms with Crippen LogP contribution in [-0.2, 0) is 27.5 Å². The lowest BCUT2D eigenvalue weighted by atomic mass is 9.78. The summed E-state index contributed by atoms with van der Waals surface area (Å²) in [6, 6.07) is 12.9. The van der Waals surface area contributed by atoms with E-state index in [4.69, 9.17) is 31.6 Å². The van der Waals surface area contributed by atoms with Gasteiger partial charge in [-0.15, -0.1) is 6.42 Å². The first-order chi connectivity index (χ1) is 19.6. The average molecular weight is 584 g/mol. The molecule has 228 valence electrons. The maximum Gasteiger partial charge on any atom is 0.336 e. The van der Waals surface area contributed by atoms with Crippen molar-refractivity contribution in [3.05, 3.63) is 59.9 Å². The molecule has 5 N–H and O–H groups in total. The number of nitrogens with zero attached hydrogens (tertiary/aromatic N) is 2. The Morgan fingerprint density at radius 1 is 1.00 bits per heavy atom. The lowest BCUT2D eigenvalue weighted by Crippen LogP contribution is -2.62. The monoisotopic (exact) mass is 583 g/mol. The molecule has 0 radical (unpaired) electrons. The fraction of sp³-hybridized carbons (Fsp3) is 0.484. The van der Waals surface area contributed by atoms with Crippen LogP contribution >= 0.6 is 0 Å². The third kappa shape index (κ3) is 11.1. The zero-order valence-electron chi connectivity index (χ0n) is 24.5. The maximum atomic E-state index is 10.3. The van der Waals surface area contributed by atoms with E-state index in [-0.39, 0.29) is 17.7 Å². The van der Waals surface area contributed by atoms with Gasteiger partial charge in [0, 0.05) is 48.2 Å². The molecular formula is C31H41N3O8. The number of carboxylic acid groups (broad SMARTS) is 3. The number of rotatable bonds is 12. The molecule has 1 aliphatic rings. The number of terminal acetylenes is 1. The number of ether oxygens (including phenoxy) is 1. The standard InChI is InChI=1S/C25H33N3O.C6H8O7/c1-6-15-29-23-10-8-7-9-21(23)19-28(18-20-11-13-26-14-12-20)22-16-24(2,3)27-25(4,5)17-22;7-3(8)1-6(13,5(11)12)2-4(9)10/h1,7-14,22,27H,15-19H2,2-5H3;13H,1-2H2,(H,7,8)(H,9,10)(H,11,12). The normalized spacial score (nSPS) is 16.0. The molecule has 1 aliphatic heterocycles. The van der Waals surface area contributed by atoms with Crippen molar-refractivity contribution >= 4 is 17.9 Å². The van der Waals surface area contributed by atoms with Crippen LogP contribution in [0, 0.1) is 12.3 Å². The van der Waals surface area contributed by atoms with E-state index in [2.05, 4.69) is 73.1 Å². The Balaban J connectivity index is 0.000000401. The molecule has 1 fully saturated rings. The number of para-hydroxylation sites is 1. The molecule has 2 aromatic rings. The van der Waals surface area contributed by atoms with Gasteiger partial charge in [0.25, 0.3) is 0 Å². The SMILES string of the molecule is C#CCOc1ccccc1CN(Cc1ccncc1)C1CC(C)(C)NC(C)(C)C1.O=C(O)CC(O)(CC(=O)O)C(=O)O. The first kappa shape index (κ1) is 34.2. The Bertz CT molecular complexity index is 1220. The van der Waals surface area contributed by atoms with Crippen LogP contribution in [0.1, 0.15) is 64.5 Å². The minimum Gasteiger partial charge on any atom is -0.481 e. The summed E-state index contributed by atoms with van der Waals surface area (Å²) in [6.45, 7) is 11.2. The van der Waals surface area contributed by atoms with Crippen molar-refractivity contribution in [3.8, 4) is 18.1 Å². The summed E-state index contributed by atoms with van der Waals surface area (Å²) in [4.78, 5) is 37.2. The number of hydrogen-bond acceptors (Lipinski definition) is 8. The molecule has 0 bridgehead atoms. The van der Waals surface area contributed by atoms with Crippen molar-refractivity contribution in [3.63, 3.8) is 0 Å². The minimum atomic E-state index is -2.74. The van der Waals surface area contributed by atoms with Crippen molar-refractivity contribution in [1.82, 2.24) is 15.2 Å². The number of carbonyl (C=O) groups is 3. The smallest absolute Gasteiger partial charge is 0.336 e. The van der Waals surface area contributed by atoms with Crippen molar-refractivity contribution in [2.75, 3.05) is 6.61 Å². The highest BCUT2D eigenvalue weighted by atomic mass is 16.5. The van der Waals surface area contributed by atoms with Crippen LogP contribution < -0.4 is 10.1 Å². The summed E-state index contributed by atoms with van der Waals surface area (Å²) >= 11 is 0. The van der Waals surface area contributed by atoms with E-state index in [0.717, 1.165) is 31.7 Å². The second kappa shape index (κ2) is 14.8. The molecule has 0 atom stereocenters. The van der Waals surface area contributed by atoms with E-state index >= 15 is 0 Å². The Hall–Kier alpha value is -3.98. The molecule has 42 heavy (non-hydrogen) atoms. The zero-order valence-corrected chi connectivity index (χ0v) is 24.5. The quantitative estimate of drug-likeness (QED) is 0.233. The third-order valence-electron chi connectivity index (χ3n) is 6.76. The van der Waals surface area contributed by atoms with Gasteiger partial charge in [-0.25, -0.2) is 4.79 Å². The van der Waals surface area contributed by atoms with Gasteiger partial charge in [-0.3, -0.25) is 19.5 Å². The van der Waals surface area contributed by atoms with Gasteiger partial charge in [0.15, 0.2) is 5.60 Å². The highest BCUT2D eigenvalue weighted by molar-refractivity contribution is 5.88. The van der Waals surface area contributed by atoms with Crippen molar-refractivity contribution in [1.29, 1.82) is 0 Å². The number of piperidine rings is 1. The Labute approximate surface area is 246 Å². The van der Waals surface area contributed by atoms with Gasteiger partial charge in [-0.05, 0) is 64.3 Å². The number of benzene rings is 1. The van der Waals surface area contributed by atoms with E-state index in [9.17, 15) is 14.4 Å². The predicted molar refractivity (Wildman–Crippen MR) is 156 cm³/mol. The van der Waals surface area contributed by atoms with E-state index in [0.29, 0.717) is 6.04 Å². The lowest BCUT2D eigenvalue weighted by Gasteiger charge is -2.50. The molecule has 11 nitrogen and oxygen atoms in total. The summed E-state index contributed by atoms with van der Waals surface area (Å²) in [7, 11) is 0. The van der Waals surface area contributed by atoms with Crippen molar-refractivity contribution in [2.45, 2.75) is 89.2 Å². The van der Waals surface area contributed by atoms with Crippen molar-refractivity contribution < 1.29 is 39.5 Å². The largest absolute Gasteiger partial charge is 0.481 e. The summed E-state index contributed by atoms with van der Waals surface area (Å²) < 4.78 is 5.82. The molecule has 1 aromatic carbocycles. The second-order valence-corrected chi connectivity index (χ2v) is 11.8. The van der Waals surface area contributed by atoms with Gasteiger partial charge in [0.05, 0.1) is 12.8 Å². The molecular weight excluding hydrogens is 542 g/mol. The number of aromatic nitrogens is 1. The zero-order chi connectivity index (χ0) is 31.6. The first-order valence-corrected chi connectivity index (χ1v) is 13.5. The third-order valence-corrected chi connectivity index (χ3v) is 6.76.